The van der Waals surface area contributed by atoms with E-state index in [9.17, 15) is 9.59 Å². The van der Waals surface area contributed by atoms with Gasteiger partial charge in [0.2, 0.25) is 5.91 Å². The first-order chi connectivity index (χ1) is 15.3. The molecule has 174 valence electrons. The predicted molar refractivity (Wildman–Crippen MR) is 127 cm³/mol. The number of para-hydroxylation sites is 2. The lowest BCUT2D eigenvalue weighted by atomic mass is 10.1. The number of benzene rings is 2. The number of methoxy groups -OCH3 is 1. The van der Waals surface area contributed by atoms with Crippen molar-refractivity contribution >= 4 is 35.0 Å². The van der Waals surface area contributed by atoms with Crippen LogP contribution in [0.5, 0.6) is 11.5 Å². The normalized spacial score (nSPS) is 11.7. The van der Waals surface area contributed by atoms with E-state index in [2.05, 4.69) is 5.32 Å². The van der Waals surface area contributed by atoms with Crippen molar-refractivity contribution in [3.8, 4) is 11.5 Å². The van der Waals surface area contributed by atoms with Crippen molar-refractivity contribution in [1.82, 2.24) is 10.2 Å². The second-order valence-electron chi connectivity index (χ2n) is 7.77. The van der Waals surface area contributed by atoms with Crippen LogP contribution in [0.25, 0.3) is 0 Å². The average Bonchev–Trinajstić information content (AvgIpc) is 2.78. The maximum Gasteiger partial charge on any atom is 0.261 e. The van der Waals surface area contributed by atoms with Crippen molar-refractivity contribution in [2.45, 2.75) is 39.8 Å². The Hall–Kier alpha value is -2.44. The van der Waals surface area contributed by atoms with Crippen molar-refractivity contribution in [3.05, 3.63) is 58.1 Å². The van der Waals surface area contributed by atoms with E-state index in [0.717, 1.165) is 5.56 Å². The molecule has 0 fully saturated rings. The zero-order valence-electron chi connectivity index (χ0n) is 18.9. The maximum absolute atomic E-state index is 13.2. The topological polar surface area (TPSA) is 67.9 Å². The van der Waals surface area contributed by atoms with Gasteiger partial charge in [-0.1, -0.05) is 62.2 Å². The van der Waals surface area contributed by atoms with Crippen LogP contribution in [0.4, 0.5) is 0 Å². The van der Waals surface area contributed by atoms with Gasteiger partial charge in [-0.05, 0) is 42.2 Å². The quantitative estimate of drug-likeness (QED) is 0.493. The fourth-order valence-corrected chi connectivity index (χ4v) is 3.46. The molecule has 0 aliphatic rings. The van der Waals surface area contributed by atoms with Gasteiger partial charge < -0.3 is 19.7 Å². The standard InChI is InChI=1S/C24H30Cl2N2O4/c1-5-20(24(30)27-13-16(2)3)28(14-17-10-11-18(25)19(26)12-17)23(29)15-32-22-9-7-6-8-21(22)31-4/h6-12,16,20H,5,13-15H2,1-4H3,(H,27,30)/t20-/m0/s1. The highest BCUT2D eigenvalue weighted by Crippen LogP contribution is 2.27. The highest BCUT2D eigenvalue weighted by atomic mass is 35.5. The van der Waals surface area contributed by atoms with Crippen LogP contribution in [0.3, 0.4) is 0 Å². The third-order valence-electron chi connectivity index (χ3n) is 4.83. The Bertz CT molecular complexity index is 921. The number of hydrogen-bond donors (Lipinski definition) is 1. The fourth-order valence-electron chi connectivity index (χ4n) is 3.14. The summed E-state index contributed by atoms with van der Waals surface area (Å²) >= 11 is 12.2. The Balaban J connectivity index is 2.25. The molecule has 2 rings (SSSR count). The van der Waals surface area contributed by atoms with Crippen molar-refractivity contribution < 1.29 is 19.1 Å². The second-order valence-corrected chi connectivity index (χ2v) is 8.59. The minimum Gasteiger partial charge on any atom is -0.493 e. The zero-order valence-corrected chi connectivity index (χ0v) is 20.4. The molecule has 0 saturated heterocycles. The monoisotopic (exact) mass is 480 g/mol. The molecule has 0 heterocycles. The summed E-state index contributed by atoms with van der Waals surface area (Å²) in [6, 6.07) is 11.6. The van der Waals surface area contributed by atoms with Gasteiger partial charge in [-0.15, -0.1) is 0 Å². The summed E-state index contributed by atoms with van der Waals surface area (Å²) in [5.41, 5.74) is 0.764. The number of ether oxygens (including phenoxy) is 2. The van der Waals surface area contributed by atoms with Gasteiger partial charge in [0.25, 0.3) is 5.91 Å². The van der Waals surface area contributed by atoms with Crippen molar-refractivity contribution in [2.24, 2.45) is 5.92 Å². The summed E-state index contributed by atoms with van der Waals surface area (Å²) in [6.07, 6.45) is 0.450. The Kier molecular flexibility index (Phi) is 10.1. The molecule has 0 aliphatic carbocycles. The minimum absolute atomic E-state index is 0.193. The molecule has 2 amide bonds. The van der Waals surface area contributed by atoms with Gasteiger partial charge in [-0.2, -0.15) is 0 Å². The zero-order chi connectivity index (χ0) is 23.7. The van der Waals surface area contributed by atoms with Crippen molar-refractivity contribution in [2.75, 3.05) is 20.3 Å². The molecule has 2 aromatic carbocycles. The number of nitrogens with zero attached hydrogens (tertiary/aromatic N) is 1. The van der Waals surface area contributed by atoms with Gasteiger partial charge in [-0.25, -0.2) is 0 Å². The van der Waals surface area contributed by atoms with Crippen LogP contribution in [-0.4, -0.2) is 43.0 Å². The molecule has 0 bridgehead atoms. The van der Waals surface area contributed by atoms with E-state index in [-0.39, 0.29) is 25.0 Å². The third-order valence-corrected chi connectivity index (χ3v) is 5.57. The number of hydrogen-bond acceptors (Lipinski definition) is 4. The van der Waals surface area contributed by atoms with Gasteiger partial charge in [0.1, 0.15) is 6.04 Å². The Morgan fingerprint density at radius 2 is 1.75 bits per heavy atom. The number of rotatable bonds is 11. The Morgan fingerprint density at radius 1 is 1.06 bits per heavy atom. The SMILES string of the molecule is CC[C@@H](C(=O)NCC(C)C)N(Cc1ccc(Cl)c(Cl)c1)C(=O)COc1ccccc1OC. The molecule has 0 radical (unpaired) electrons. The van der Waals surface area contributed by atoms with E-state index in [1.165, 1.54) is 12.0 Å². The van der Waals surface area contributed by atoms with E-state index in [1.807, 2.05) is 26.8 Å². The first-order valence-corrected chi connectivity index (χ1v) is 11.3. The Labute approximate surface area is 199 Å². The first-order valence-electron chi connectivity index (χ1n) is 10.5. The molecule has 6 nitrogen and oxygen atoms in total. The van der Waals surface area contributed by atoms with Crippen LogP contribution in [0, 0.1) is 5.92 Å². The highest BCUT2D eigenvalue weighted by molar-refractivity contribution is 6.42. The summed E-state index contributed by atoms with van der Waals surface area (Å²) in [5, 5.41) is 3.74. The number of carbonyl (C=O) groups excluding carboxylic acids is 2. The molecule has 1 atom stereocenters. The van der Waals surface area contributed by atoms with Crippen LogP contribution < -0.4 is 14.8 Å². The summed E-state index contributed by atoms with van der Waals surface area (Å²) in [4.78, 5) is 27.7. The van der Waals surface area contributed by atoms with Gasteiger partial charge in [0.05, 0.1) is 17.2 Å². The lowest BCUT2D eigenvalue weighted by Crippen LogP contribution is -2.50. The van der Waals surface area contributed by atoms with Gasteiger partial charge in [0.15, 0.2) is 18.1 Å². The van der Waals surface area contributed by atoms with E-state index in [1.54, 1.807) is 36.4 Å². The van der Waals surface area contributed by atoms with Gasteiger partial charge in [0, 0.05) is 13.1 Å². The first kappa shape index (κ1) is 25.8. The van der Waals surface area contributed by atoms with Crippen LogP contribution in [0.15, 0.2) is 42.5 Å². The molecule has 0 unspecified atom stereocenters. The predicted octanol–water partition coefficient (Wildman–Crippen LogP) is 4.96. The van der Waals surface area contributed by atoms with E-state index >= 15 is 0 Å². The second kappa shape index (κ2) is 12.6. The molecule has 8 heteroatoms. The molecular formula is C24H30Cl2N2O4. The molecule has 0 spiro atoms. The summed E-state index contributed by atoms with van der Waals surface area (Å²) in [6.45, 7) is 6.38. The molecule has 2 aromatic rings. The summed E-state index contributed by atoms with van der Waals surface area (Å²) in [7, 11) is 1.53. The highest BCUT2D eigenvalue weighted by Gasteiger charge is 2.29. The molecule has 32 heavy (non-hydrogen) atoms. The number of amides is 2. The Morgan fingerprint density at radius 3 is 2.34 bits per heavy atom. The minimum atomic E-state index is -0.656. The summed E-state index contributed by atoms with van der Waals surface area (Å²) < 4.78 is 11.0. The fraction of sp³-hybridized carbons (Fsp3) is 0.417. The van der Waals surface area contributed by atoms with Crippen LogP contribution in [0.2, 0.25) is 10.0 Å². The number of carbonyl (C=O) groups is 2. The average molecular weight is 481 g/mol. The third kappa shape index (κ3) is 7.31. The molecule has 0 saturated carbocycles. The van der Waals surface area contributed by atoms with E-state index in [0.29, 0.717) is 40.4 Å². The van der Waals surface area contributed by atoms with Crippen LogP contribution in [0.1, 0.15) is 32.8 Å². The van der Waals surface area contributed by atoms with Crippen LogP contribution >= 0.6 is 23.2 Å². The van der Waals surface area contributed by atoms with Crippen molar-refractivity contribution in [1.29, 1.82) is 0 Å². The molecular weight excluding hydrogens is 451 g/mol. The lowest BCUT2D eigenvalue weighted by molar-refractivity contribution is -0.143. The molecule has 1 N–H and O–H groups in total. The molecule has 0 aliphatic heterocycles. The maximum atomic E-state index is 13.2. The smallest absolute Gasteiger partial charge is 0.261 e. The van der Waals surface area contributed by atoms with Gasteiger partial charge >= 0.3 is 0 Å². The van der Waals surface area contributed by atoms with E-state index in [4.69, 9.17) is 32.7 Å². The lowest BCUT2D eigenvalue weighted by Gasteiger charge is -2.31. The number of halogens is 2. The largest absolute Gasteiger partial charge is 0.493 e. The summed E-state index contributed by atoms with van der Waals surface area (Å²) in [5.74, 6) is 0.748. The molecule has 0 aromatic heterocycles. The number of nitrogens with one attached hydrogen (secondary N) is 1. The van der Waals surface area contributed by atoms with E-state index < -0.39 is 6.04 Å². The van der Waals surface area contributed by atoms with Crippen LogP contribution in [-0.2, 0) is 16.1 Å². The van der Waals surface area contributed by atoms with Gasteiger partial charge in [-0.3, -0.25) is 9.59 Å². The van der Waals surface area contributed by atoms with Crippen molar-refractivity contribution in [3.63, 3.8) is 0 Å².